The molecule has 0 aliphatic carbocycles. The number of anilines is 1. The molecule has 21 heavy (non-hydrogen) atoms. The van der Waals surface area contributed by atoms with Gasteiger partial charge in [0.1, 0.15) is 11.6 Å². The van der Waals surface area contributed by atoms with Gasteiger partial charge in [-0.2, -0.15) is 5.26 Å². The SMILES string of the molecule is CCC(Nc1cc(C#N)c2ccccc2n1)c1ncc[nH]1. The number of fused-ring (bicyclic) bond motifs is 1. The molecule has 0 fully saturated rings. The van der Waals surface area contributed by atoms with E-state index in [0.29, 0.717) is 11.4 Å². The second kappa shape index (κ2) is 5.63. The van der Waals surface area contributed by atoms with Gasteiger partial charge >= 0.3 is 0 Å². The first-order chi connectivity index (χ1) is 10.3. The second-order valence-corrected chi connectivity index (χ2v) is 4.76. The van der Waals surface area contributed by atoms with Gasteiger partial charge in [-0.05, 0) is 18.6 Å². The number of benzene rings is 1. The molecule has 1 atom stereocenters. The van der Waals surface area contributed by atoms with Crippen molar-refractivity contribution in [2.24, 2.45) is 0 Å². The fourth-order valence-corrected chi connectivity index (χ4v) is 2.35. The van der Waals surface area contributed by atoms with E-state index in [4.69, 9.17) is 0 Å². The van der Waals surface area contributed by atoms with Crippen molar-refractivity contribution in [2.45, 2.75) is 19.4 Å². The van der Waals surface area contributed by atoms with Gasteiger partial charge in [-0.3, -0.25) is 0 Å². The van der Waals surface area contributed by atoms with Crippen LogP contribution in [0.15, 0.2) is 42.7 Å². The predicted molar refractivity (Wildman–Crippen MR) is 81.7 cm³/mol. The maximum atomic E-state index is 9.31. The fourth-order valence-electron chi connectivity index (χ4n) is 2.35. The molecule has 0 aliphatic rings. The molecule has 0 aliphatic heterocycles. The van der Waals surface area contributed by atoms with Crippen LogP contribution in [0.5, 0.6) is 0 Å². The van der Waals surface area contributed by atoms with Crippen molar-refractivity contribution in [2.75, 3.05) is 5.32 Å². The summed E-state index contributed by atoms with van der Waals surface area (Å²) in [6.45, 7) is 2.08. The molecular formula is C16H15N5. The number of aromatic amines is 1. The van der Waals surface area contributed by atoms with Crippen molar-refractivity contribution in [3.05, 3.63) is 54.1 Å². The molecule has 0 radical (unpaired) electrons. The number of aromatic nitrogens is 3. The number of pyridine rings is 1. The van der Waals surface area contributed by atoms with E-state index in [1.54, 1.807) is 18.5 Å². The summed E-state index contributed by atoms with van der Waals surface area (Å²) in [6.07, 6.45) is 4.40. The van der Waals surface area contributed by atoms with E-state index in [1.165, 1.54) is 0 Å². The number of nitriles is 1. The highest BCUT2D eigenvalue weighted by molar-refractivity contribution is 5.86. The van der Waals surface area contributed by atoms with E-state index >= 15 is 0 Å². The molecule has 0 spiro atoms. The Morgan fingerprint density at radius 2 is 2.24 bits per heavy atom. The third-order valence-electron chi connectivity index (χ3n) is 3.42. The number of hydrogen-bond donors (Lipinski definition) is 2. The number of nitrogens with zero attached hydrogens (tertiary/aromatic N) is 3. The normalized spacial score (nSPS) is 12.0. The Hall–Kier alpha value is -2.87. The minimum Gasteiger partial charge on any atom is -0.360 e. The van der Waals surface area contributed by atoms with Gasteiger partial charge in [0.05, 0.1) is 23.2 Å². The molecule has 5 heteroatoms. The summed E-state index contributed by atoms with van der Waals surface area (Å²) in [5.41, 5.74) is 1.44. The maximum Gasteiger partial charge on any atom is 0.128 e. The average Bonchev–Trinajstić information content (AvgIpc) is 3.06. The summed E-state index contributed by atoms with van der Waals surface area (Å²) >= 11 is 0. The number of H-pyrrole nitrogens is 1. The Kier molecular flexibility index (Phi) is 3.52. The lowest BCUT2D eigenvalue weighted by Crippen LogP contribution is -2.12. The summed E-state index contributed by atoms with van der Waals surface area (Å²) in [5, 5.41) is 13.5. The topological polar surface area (TPSA) is 77.4 Å². The predicted octanol–water partition coefficient (Wildman–Crippen LogP) is 3.39. The van der Waals surface area contributed by atoms with Gasteiger partial charge < -0.3 is 10.3 Å². The second-order valence-electron chi connectivity index (χ2n) is 4.76. The van der Waals surface area contributed by atoms with Crippen LogP contribution < -0.4 is 5.32 Å². The van der Waals surface area contributed by atoms with Crippen LogP contribution in [0.25, 0.3) is 10.9 Å². The molecule has 2 N–H and O–H groups in total. The summed E-state index contributed by atoms with van der Waals surface area (Å²) in [6, 6.07) is 11.7. The molecule has 0 bridgehead atoms. The fraction of sp³-hybridized carbons (Fsp3) is 0.188. The van der Waals surface area contributed by atoms with Crippen LogP contribution >= 0.6 is 0 Å². The Balaban J connectivity index is 1.99. The number of hydrogen-bond acceptors (Lipinski definition) is 4. The van der Waals surface area contributed by atoms with Crippen LogP contribution in [0, 0.1) is 11.3 Å². The van der Waals surface area contributed by atoms with Crippen LogP contribution in [-0.2, 0) is 0 Å². The smallest absolute Gasteiger partial charge is 0.128 e. The molecule has 2 heterocycles. The Bertz CT molecular complexity index is 786. The molecule has 3 rings (SSSR count). The molecule has 1 aromatic carbocycles. The summed E-state index contributed by atoms with van der Waals surface area (Å²) in [7, 11) is 0. The van der Waals surface area contributed by atoms with Gasteiger partial charge in [-0.15, -0.1) is 0 Å². The molecule has 104 valence electrons. The third-order valence-corrected chi connectivity index (χ3v) is 3.42. The van der Waals surface area contributed by atoms with Gasteiger partial charge in [0, 0.05) is 17.8 Å². The van der Waals surface area contributed by atoms with E-state index in [-0.39, 0.29) is 6.04 Å². The Labute approximate surface area is 122 Å². The number of imidazole rings is 1. The molecule has 5 nitrogen and oxygen atoms in total. The summed E-state index contributed by atoms with van der Waals surface area (Å²) in [4.78, 5) is 12.0. The number of para-hydroxylation sites is 1. The molecule has 0 saturated heterocycles. The molecule has 3 aromatic rings. The summed E-state index contributed by atoms with van der Waals surface area (Å²) < 4.78 is 0. The van der Waals surface area contributed by atoms with Crippen molar-refractivity contribution in [3.63, 3.8) is 0 Å². The van der Waals surface area contributed by atoms with Gasteiger partial charge in [-0.1, -0.05) is 25.1 Å². The minimum atomic E-state index is 0.0419. The van der Waals surface area contributed by atoms with E-state index < -0.39 is 0 Å². The number of rotatable bonds is 4. The summed E-state index contributed by atoms with van der Waals surface area (Å²) in [5.74, 6) is 1.56. The van der Waals surface area contributed by atoms with E-state index in [1.807, 2.05) is 24.3 Å². The first-order valence-electron chi connectivity index (χ1n) is 6.87. The highest BCUT2D eigenvalue weighted by atomic mass is 15.1. The Morgan fingerprint density at radius 1 is 1.38 bits per heavy atom. The lowest BCUT2D eigenvalue weighted by molar-refractivity contribution is 0.701. The molecular weight excluding hydrogens is 262 g/mol. The van der Waals surface area contributed by atoms with Gasteiger partial charge in [0.15, 0.2) is 0 Å². The zero-order valence-corrected chi connectivity index (χ0v) is 11.7. The van der Waals surface area contributed by atoms with Crippen molar-refractivity contribution < 1.29 is 0 Å². The van der Waals surface area contributed by atoms with Crippen molar-refractivity contribution >= 4 is 16.7 Å². The van der Waals surface area contributed by atoms with Crippen LogP contribution in [0.4, 0.5) is 5.82 Å². The van der Waals surface area contributed by atoms with Gasteiger partial charge in [0.2, 0.25) is 0 Å². The minimum absolute atomic E-state index is 0.0419. The van der Waals surface area contributed by atoms with Crippen LogP contribution in [-0.4, -0.2) is 15.0 Å². The molecule has 0 saturated carbocycles. The van der Waals surface area contributed by atoms with E-state index in [2.05, 4.69) is 33.3 Å². The third kappa shape index (κ3) is 2.56. The monoisotopic (exact) mass is 277 g/mol. The molecule has 2 aromatic heterocycles. The van der Waals surface area contributed by atoms with Crippen LogP contribution in [0.1, 0.15) is 30.8 Å². The van der Waals surface area contributed by atoms with Crippen LogP contribution in [0.2, 0.25) is 0 Å². The Morgan fingerprint density at radius 3 is 2.95 bits per heavy atom. The van der Waals surface area contributed by atoms with Gasteiger partial charge in [-0.25, -0.2) is 9.97 Å². The van der Waals surface area contributed by atoms with Crippen molar-refractivity contribution in [1.82, 2.24) is 15.0 Å². The van der Waals surface area contributed by atoms with Crippen LogP contribution in [0.3, 0.4) is 0 Å². The maximum absolute atomic E-state index is 9.31. The first-order valence-corrected chi connectivity index (χ1v) is 6.87. The molecule has 0 amide bonds. The average molecular weight is 277 g/mol. The molecule has 1 unspecified atom stereocenters. The first kappa shape index (κ1) is 13.1. The highest BCUT2D eigenvalue weighted by Crippen LogP contribution is 2.23. The number of nitrogens with one attached hydrogen (secondary N) is 2. The standard InChI is InChI=1S/C16H15N5/c1-2-13(16-18-7-8-19-16)20-15-9-11(10-17)12-5-3-4-6-14(12)21-15/h3-9,13H,2H2,1H3,(H,18,19)(H,20,21). The van der Waals surface area contributed by atoms with Gasteiger partial charge in [0.25, 0.3) is 0 Å². The van der Waals surface area contributed by atoms with Crippen molar-refractivity contribution in [1.29, 1.82) is 5.26 Å². The quantitative estimate of drug-likeness (QED) is 0.766. The zero-order valence-electron chi connectivity index (χ0n) is 11.7. The highest BCUT2D eigenvalue weighted by Gasteiger charge is 2.13. The lowest BCUT2D eigenvalue weighted by Gasteiger charge is -2.16. The van der Waals surface area contributed by atoms with Crippen molar-refractivity contribution in [3.8, 4) is 6.07 Å². The largest absolute Gasteiger partial charge is 0.360 e. The van der Waals surface area contributed by atoms with E-state index in [9.17, 15) is 5.26 Å². The lowest BCUT2D eigenvalue weighted by atomic mass is 10.1. The van der Waals surface area contributed by atoms with E-state index in [0.717, 1.165) is 23.1 Å². The zero-order chi connectivity index (χ0) is 14.7.